The zero-order valence-corrected chi connectivity index (χ0v) is 6.70. The molecule has 0 bridgehead atoms. The third kappa shape index (κ3) is 1.45. The molecule has 0 aliphatic rings. The van der Waals surface area contributed by atoms with Crippen molar-refractivity contribution in [1.29, 1.82) is 0 Å². The molecule has 0 fully saturated rings. The van der Waals surface area contributed by atoms with E-state index in [2.05, 4.69) is 34.2 Å². The number of aromatic nitrogens is 3. The van der Waals surface area contributed by atoms with Gasteiger partial charge in [0.2, 0.25) is 0 Å². The lowest BCUT2D eigenvalue weighted by Crippen LogP contribution is -1.92. The fourth-order valence-electron chi connectivity index (χ4n) is 0.486. The van der Waals surface area contributed by atoms with Gasteiger partial charge in [-0.15, -0.1) is 0 Å². The number of nitrogens with zero attached hydrogens (tertiary/aromatic N) is 2. The fourth-order valence-corrected chi connectivity index (χ4v) is 1.17. The number of rotatable bonds is 1. The van der Waals surface area contributed by atoms with Crippen molar-refractivity contribution in [2.75, 3.05) is 18.8 Å². The third-order valence-corrected chi connectivity index (χ3v) is 2.47. The van der Waals surface area contributed by atoms with Gasteiger partial charge in [0.15, 0.2) is 0 Å². The van der Waals surface area contributed by atoms with Crippen LogP contribution >= 0.6 is 10.0 Å². The first kappa shape index (κ1) is 6.61. The molecule has 0 saturated carbocycles. The Morgan fingerprint density at radius 3 is 2.33 bits per heavy atom. The molecule has 0 amide bonds. The van der Waals surface area contributed by atoms with Gasteiger partial charge in [0.25, 0.3) is 0 Å². The summed E-state index contributed by atoms with van der Waals surface area (Å²) >= 11 is 0. The maximum absolute atomic E-state index is 3.99. The van der Waals surface area contributed by atoms with E-state index in [1.165, 1.54) is 0 Å². The summed E-state index contributed by atoms with van der Waals surface area (Å²) in [5, 5.41) is 11.4. The van der Waals surface area contributed by atoms with E-state index in [0.717, 1.165) is 5.03 Å². The molecule has 0 radical (unpaired) electrons. The van der Waals surface area contributed by atoms with Crippen LogP contribution in [-0.4, -0.2) is 34.2 Å². The zero-order valence-electron chi connectivity index (χ0n) is 5.88. The van der Waals surface area contributed by atoms with Crippen LogP contribution in [0.3, 0.4) is 0 Å². The van der Waals surface area contributed by atoms with Crippen molar-refractivity contribution in [3.05, 3.63) is 6.20 Å². The summed E-state index contributed by atoms with van der Waals surface area (Å²) < 4.78 is 0. The van der Waals surface area contributed by atoms with E-state index in [4.69, 9.17) is 0 Å². The Hall–Kier alpha value is -0.510. The second kappa shape index (κ2) is 2.02. The van der Waals surface area contributed by atoms with Gasteiger partial charge >= 0.3 is 0 Å². The summed E-state index contributed by atoms with van der Waals surface area (Å²) in [6.07, 6.45) is 8.34. The van der Waals surface area contributed by atoms with Gasteiger partial charge in [0, 0.05) is 0 Å². The van der Waals surface area contributed by atoms with Crippen molar-refractivity contribution in [3.8, 4) is 0 Å². The highest BCUT2D eigenvalue weighted by Crippen LogP contribution is 2.42. The monoisotopic (exact) mass is 145 g/mol. The number of hydrogen-bond acceptors (Lipinski definition) is 2. The Bertz CT molecular complexity index is 175. The largest absolute Gasteiger partial charge is 0.203 e. The van der Waals surface area contributed by atoms with E-state index in [-0.39, 0.29) is 0 Å². The van der Waals surface area contributed by atoms with Crippen LogP contribution < -0.4 is 0 Å². The number of aromatic amines is 1. The van der Waals surface area contributed by atoms with Crippen LogP contribution in [0.1, 0.15) is 0 Å². The Morgan fingerprint density at radius 1 is 1.44 bits per heavy atom. The van der Waals surface area contributed by atoms with Crippen LogP contribution in [0.2, 0.25) is 0 Å². The minimum absolute atomic E-state index is 0.664. The van der Waals surface area contributed by atoms with Crippen molar-refractivity contribution in [3.63, 3.8) is 0 Å². The molecule has 1 aromatic heterocycles. The molecule has 0 aromatic carbocycles. The molecule has 4 heteroatoms. The minimum atomic E-state index is -0.664. The highest BCUT2D eigenvalue weighted by atomic mass is 32.3. The molecule has 1 rings (SSSR count). The van der Waals surface area contributed by atoms with Crippen LogP contribution in [0, 0.1) is 0 Å². The molecule has 1 N–H and O–H groups in total. The lowest BCUT2D eigenvalue weighted by atomic mass is 10.9. The molecule has 3 nitrogen and oxygen atoms in total. The Balaban J connectivity index is 2.90. The molecule has 0 aliphatic carbocycles. The Kier molecular flexibility index (Phi) is 1.48. The van der Waals surface area contributed by atoms with Gasteiger partial charge in [-0.25, -0.2) is 10.0 Å². The van der Waals surface area contributed by atoms with Gasteiger partial charge in [-0.1, -0.05) is 0 Å². The van der Waals surface area contributed by atoms with Crippen LogP contribution in [-0.2, 0) is 0 Å². The molecule has 1 heterocycles. The molecule has 0 unspecified atom stereocenters. The molecule has 0 atom stereocenters. The maximum atomic E-state index is 3.99. The van der Waals surface area contributed by atoms with Crippen molar-refractivity contribution >= 4 is 10.0 Å². The van der Waals surface area contributed by atoms with Crippen LogP contribution in [0.15, 0.2) is 11.2 Å². The molecular formula is C5H11N3S. The predicted molar refractivity (Wildman–Crippen MR) is 40.0 cm³/mol. The summed E-state index contributed by atoms with van der Waals surface area (Å²) in [6.45, 7) is 0. The van der Waals surface area contributed by atoms with E-state index in [1.807, 2.05) is 0 Å². The van der Waals surface area contributed by atoms with E-state index in [0.29, 0.717) is 0 Å². The third-order valence-electron chi connectivity index (χ3n) is 1.02. The standard InChI is InChI=1S/C5H11N3S/c1-9(2,3)5-4-6-8-7-5/h4H,1-3H3,(H,6,7,8). The van der Waals surface area contributed by atoms with Gasteiger partial charge in [-0.05, 0) is 18.8 Å². The molecular weight excluding hydrogens is 134 g/mol. The first-order valence-electron chi connectivity index (χ1n) is 2.65. The summed E-state index contributed by atoms with van der Waals surface area (Å²) in [7, 11) is -0.664. The van der Waals surface area contributed by atoms with Crippen LogP contribution in [0.5, 0.6) is 0 Å². The van der Waals surface area contributed by atoms with Gasteiger partial charge in [0.1, 0.15) is 5.03 Å². The van der Waals surface area contributed by atoms with Crippen molar-refractivity contribution in [2.24, 2.45) is 0 Å². The smallest absolute Gasteiger partial charge is 0.121 e. The summed E-state index contributed by atoms with van der Waals surface area (Å²) in [5.74, 6) is 0. The Labute approximate surface area is 56.2 Å². The SMILES string of the molecule is CS(C)(C)c1cn[nH]n1. The maximum Gasteiger partial charge on any atom is 0.121 e. The summed E-state index contributed by atoms with van der Waals surface area (Å²) in [4.78, 5) is 0. The van der Waals surface area contributed by atoms with E-state index >= 15 is 0 Å². The quantitative estimate of drug-likeness (QED) is 0.636. The van der Waals surface area contributed by atoms with Gasteiger partial charge in [-0.2, -0.15) is 15.4 Å². The molecule has 1 aromatic rings. The average Bonchev–Trinajstić information content (AvgIpc) is 2.08. The number of nitrogens with one attached hydrogen (secondary N) is 1. The molecule has 9 heavy (non-hydrogen) atoms. The lowest BCUT2D eigenvalue weighted by Gasteiger charge is -2.20. The number of hydrogen-bond donors (Lipinski definition) is 1. The van der Waals surface area contributed by atoms with Crippen LogP contribution in [0.25, 0.3) is 0 Å². The number of H-pyrrole nitrogens is 1. The van der Waals surface area contributed by atoms with Crippen molar-refractivity contribution < 1.29 is 0 Å². The second-order valence-corrected chi connectivity index (χ2v) is 6.74. The highest BCUT2D eigenvalue weighted by Gasteiger charge is 2.09. The summed E-state index contributed by atoms with van der Waals surface area (Å²) in [5.41, 5.74) is 0. The molecule has 0 aliphatic heterocycles. The van der Waals surface area contributed by atoms with Crippen molar-refractivity contribution in [2.45, 2.75) is 5.03 Å². The van der Waals surface area contributed by atoms with E-state index < -0.39 is 10.0 Å². The predicted octanol–water partition coefficient (Wildman–Crippen LogP) is 0.858. The fraction of sp³-hybridized carbons (Fsp3) is 0.600. The lowest BCUT2D eigenvalue weighted by molar-refractivity contribution is 0.909. The van der Waals surface area contributed by atoms with Gasteiger partial charge in [-0.3, -0.25) is 0 Å². The molecule has 52 valence electrons. The Morgan fingerprint density at radius 2 is 2.11 bits per heavy atom. The average molecular weight is 145 g/mol. The molecule has 0 spiro atoms. The topological polar surface area (TPSA) is 41.6 Å². The van der Waals surface area contributed by atoms with Gasteiger partial charge in [0.05, 0.1) is 6.20 Å². The summed E-state index contributed by atoms with van der Waals surface area (Å²) in [6, 6.07) is 0. The van der Waals surface area contributed by atoms with Crippen molar-refractivity contribution in [1.82, 2.24) is 15.4 Å². The normalized spacial score (nSPS) is 13.7. The first-order chi connectivity index (χ1) is 4.11. The van der Waals surface area contributed by atoms with E-state index in [9.17, 15) is 0 Å². The molecule has 0 saturated heterocycles. The first-order valence-corrected chi connectivity index (χ1v) is 5.50. The highest BCUT2D eigenvalue weighted by molar-refractivity contribution is 8.32. The minimum Gasteiger partial charge on any atom is -0.203 e. The van der Waals surface area contributed by atoms with Gasteiger partial charge < -0.3 is 0 Å². The van der Waals surface area contributed by atoms with Crippen LogP contribution in [0.4, 0.5) is 0 Å². The second-order valence-electron chi connectivity index (χ2n) is 2.65. The van der Waals surface area contributed by atoms with E-state index in [1.54, 1.807) is 6.20 Å². The zero-order chi connectivity index (χ0) is 6.91.